The lowest BCUT2D eigenvalue weighted by atomic mass is 9.89. The van der Waals surface area contributed by atoms with Crippen molar-refractivity contribution in [3.63, 3.8) is 0 Å². The highest BCUT2D eigenvalue weighted by Crippen LogP contribution is 2.33. The Morgan fingerprint density at radius 1 is 1.03 bits per heavy atom. The maximum absolute atomic E-state index is 13.2. The van der Waals surface area contributed by atoms with Crippen LogP contribution in [0.25, 0.3) is 11.3 Å². The number of rotatable bonds is 3. The molecule has 0 saturated carbocycles. The fourth-order valence-electron chi connectivity index (χ4n) is 4.37. The summed E-state index contributed by atoms with van der Waals surface area (Å²) in [6.45, 7) is 3.00. The maximum Gasteiger partial charge on any atom is 0.272 e. The third kappa shape index (κ3) is 3.14. The van der Waals surface area contributed by atoms with E-state index in [1.54, 1.807) is 7.11 Å². The van der Waals surface area contributed by atoms with E-state index in [9.17, 15) is 4.79 Å². The van der Waals surface area contributed by atoms with Crippen LogP contribution in [0.15, 0.2) is 48.5 Å². The van der Waals surface area contributed by atoms with Crippen LogP contribution in [0.5, 0.6) is 5.75 Å². The minimum Gasteiger partial charge on any atom is -0.497 e. The highest BCUT2D eigenvalue weighted by atomic mass is 16.5. The van der Waals surface area contributed by atoms with E-state index in [0.29, 0.717) is 18.8 Å². The number of piperazine rings is 1. The lowest BCUT2D eigenvalue weighted by Crippen LogP contribution is -2.49. The van der Waals surface area contributed by atoms with Crippen LogP contribution >= 0.6 is 0 Å². The van der Waals surface area contributed by atoms with Gasteiger partial charge in [0.25, 0.3) is 5.91 Å². The number of carbonyl (C=O) groups is 1. The number of nitrogens with zero attached hydrogens (tertiary/aromatic N) is 3. The van der Waals surface area contributed by atoms with E-state index in [1.807, 2.05) is 29.2 Å². The van der Waals surface area contributed by atoms with Gasteiger partial charge in [0.2, 0.25) is 0 Å². The molecule has 0 bridgehead atoms. The van der Waals surface area contributed by atoms with Crippen LogP contribution in [-0.2, 0) is 12.8 Å². The summed E-state index contributed by atoms with van der Waals surface area (Å²) < 4.78 is 5.33. The molecular formula is C23H24N4O2. The Hall–Kier alpha value is -3.28. The molecule has 1 aliphatic heterocycles. The molecule has 1 N–H and O–H groups in total. The second-order valence-corrected chi connectivity index (χ2v) is 7.56. The number of ether oxygens (including phenoxy) is 1. The molecule has 3 aromatic rings. The number of nitrogens with one attached hydrogen (secondary N) is 1. The van der Waals surface area contributed by atoms with E-state index in [4.69, 9.17) is 4.74 Å². The molecule has 2 aromatic carbocycles. The molecule has 1 saturated heterocycles. The highest BCUT2D eigenvalue weighted by Gasteiger charge is 2.29. The number of aromatic amines is 1. The van der Waals surface area contributed by atoms with E-state index in [-0.39, 0.29) is 5.91 Å². The van der Waals surface area contributed by atoms with Crippen LogP contribution in [0.4, 0.5) is 5.69 Å². The third-order valence-electron chi connectivity index (χ3n) is 5.98. The Morgan fingerprint density at radius 2 is 1.86 bits per heavy atom. The standard InChI is InChI=1S/C23H24N4O2/c1-29-18-7-4-6-17(15-18)26-11-13-27(14-12-26)23(28)22-20-10-9-16-5-2-3-8-19(16)21(20)24-25-22/h2-8,15H,9-14H2,1H3,(H,24,25). The lowest BCUT2D eigenvalue weighted by molar-refractivity contribution is 0.0739. The van der Waals surface area contributed by atoms with Crippen LogP contribution < -0.4 is 9.64 Å². The summed E-state index contributed by atoms with van der Waals surface area (Å²) >= 11 is 0. The number of aryl methyl sites for hydroxylation is 1. The van der Waals surface area contributed by atoms with E-state index in [2.05, 4.69) is 39.4 Å². The van der Waals surface area contributed by atoms with E-state index >= 15 is 0 Å². The van der Waals surface area contributed by atoms with Crippen LogP contribution in [0.2, 0.25) is 0 Å². The second kappa shape index (κ2) is 7.28. The normalized spacial score (nSPS) is 15.6. The van der Waals surface area contributed by atoms with Crippen molar-refractivity contribution in [1.82, 2.24) is 15.1 Å². The average molecular weight is 388 g/mol. The molecule has 1 amide bonds. The molecule has 1 aliphatic carbocycles. The number of anilines is 1. The SMILES string of the molecule is COc1cccc(N2CCN(C(=O)c3[nH]nc4c3CCc3ccccc3-4)CC2)c1. The van der Waals surface area contributed by atoms with Crippen molar-refractivity contribution in [3.8, 4) is 17.0 Å². The molecule has 6 nitrogen and oxygen atoms in total. The van der Waals surface area contributed by atoms with Crippen LogP contribution in [-0.4, -0.2) is 54.3 Å². The number of methoxy groups -OCH3 is 1. The topological polar surface area (TPSA) is 61.5 Å². The first-order chi connectivity index (χ1) is 14.2. The zero-order chi connectivity index (χ0) is 19.8. The first-order valence-electron chi connectivity index (χ1n) is 10.1. The van der Waals surface area contributed by atoms with Crippen molar-refractivity contribution in [2.75, 3.05) is 38.2 Å². The molecule has 0 unspecified atom stereocenters. The Bertz CT molecular complexity index is 1050. The van der Waals surface area contributed by atoms with Gasteiger partial charge in [-0.3, -0.25) is 9.89 Å². The Kier molecular flexibility index (Phi) is 4.46. The summed E-state index contributed by atoms with van der Waals surface area (Å²) in [6.07, 6.45) is 1.81. The summed E-state index contributed by atoms with van der Waals surface area (Å²) in [4.78, 5) is 17.4. The summed E-state index contributed by atoms with van der Waals surface area (Å²) in [5.74, 6) is 0.911. The Labute approximate surface area is 170 Å². The van der Waals surface area contributed by atoms with Crippen molar-refractivity contribution in [1.29, 1.82) is 0 Å². The number of hydrogen-bond acceptors (Lipinski definition) is 4. The molecule has 0 radical (unpaired) electrons. The molecule has 5 rings (SSSR count). The zero-order valence-electron chi connectivity index (χ0n) is 16.5. The predicted octanol–water partition coefficient (Wildman–Crippen LogP) is 3.15. The molecule has 0 spiro atoms. The molecule has 148 valence electrons. The largest absolute Gasteiger partial charge is 0.497 e. The number of aromatic nitrogens is 2. The van der Waals surface area contributed by atoms with Gasteiger partial charge in [0.1, 0.15) is 11.4 Å². The fourth-order valence-corrected chi connectivity index (χ4v) is 4.37. The van der Waals surface area contributed by atoms with Gasteiger partial charge in [0.05, 0.1) is 12.8 Å². The van der Waals surface area contributed by atoms with Crippen LogP contribution in [0, 0.1) is 0 Å². The lowest BCUT2D eigenvalue weighted by Gasteiger charge is -2.36. The molecule has 1 fully saturated rings. The van der Waals surface area contributed by atoms with Crippen molar-refractivity contribution in [3.05, 3.63) is 65.4 Å². The number of carbonyl (C=O) groups excluding carboxylic acids is 1. The molecule has 1 aromatic heterocycles. The predicted molar refractivity (Wildman–Crippen MR) is 113 cm³/mol. The number of benzene rings is 2. The minimum absolute atomic E-state index is 0.0587. The molecular weight excluding hydrogens is 364 g/mol. The van der Waals surface area contributed by atoms with E-state index in [0.717, 1.165) is 54.2 Å². The van der Waals surface area contributed by atoms with Gasteiger partial charge in [-0.05, 0) is 30.5 Å². The van der Waals surface area contributed by atoms with Crippen molar-refractivity contribution >= 4 is 11.6 Å². The van der Waals surface area contributed by atoms with Crippen LogP contribution in [0.1, 0.15) is 21.6 Å². The minimum atomic E-state index is 0.0587. The van der Waals surface area contributed by atoms with Gasteiger partial charge in [-0.15, -0.1) is 0 Å². The first-order valence-corrected chi connectivity index (χ1v) is 10.1. The highest BCUT2D eigenvalue weighted by molar-refractivity contribution is 5.96. The molecule has 2 aliphatic rings. The number of hydrogen-bond donors (Lipinski definition) is 1. The summed E-state index contributed by atoms with van der Waals surface area (Å²) in [5.41, 5.74) is 6.23. The summed E-state index contributed by atoms with van der Waals surface area (Å²) in [7, 11) is 1.68. The Morgan fingerprint density at radius 3 is 2.69 bits per heavy atom. The zero-order valence-corrected chi connectivity index (χ0v) is 16.5. The maximum atomic E-state index is 13.2. The van der Waals surface area contributed by atoms with Gasteiger partial charge in [-0.25, -0.2) is 0 Å². The first kappa shape index (κ1) is 17.8. The van der Waals surface area contributed by atoms with E-state index in [1.165, 1.54) is 5.56 Å². The van der Waals surface area contributed by atoms with Gasteiger partial charge in [0.15, 0.2) is 0 Å². The van der Waals surface area contributed by atoms with Crippen molar-refractivity contribution in [2.24, 2.45) is 0 Å². The fraction of sp³-hybridized carbons (Fsp3) is 0.304. The smallest absolute Gasteiger partial charge is 0.272 e. The van der Waals surface area contributed by atoms with E-state index < -0.39 is 0 Å². The average Bonchev–Trinajstić information content (AvgIpc) is 3.23. The third-order valence-corrected chi connectivity index (χ3v) is 5.98. The molecule has 0 atom stereocenters. The number of H-pyrrole nitrogens is 1. The Balaban J connectivity index is 1.32. The van der Waals surface area contributed by atoms with Gasteiger partial charge < -0.3 is 14.5 Å². The van der Waals surface area contributed by atoms with Gasteiger partial charge in [-0.1, -0.05) is 30.3 Å². The quantitative estimate of drug-likeness (QED) is 0.749. The second-order valence-electron chi connectivity index (χ2n) is 7.56. The number of amides is 1. The monoisotopic (exact) mass is 388 g/mol. The van der Waals surface area contributed by atoms with Crippen molar-refractivity contribution < 1.29 is 9.53 Å². The molecule has 6 heteroatoms. The molecule has 2 heterocycles. The van der Waals surface area contributed by atoms with Gasteiger partial charge >= 0.3 is 0 Å². The molecule has 29 heavy (non-hydrogen) atoms. The summed E-state index contributed by atoms with van der Waals surface area (Å²) in [6, 6.07) is 16.4. The number of fused-ring (bicyclic) bond motifs is 3. The van der Waals surface area contributed by atoms with Crippen molar-refractivity contribution in [2.45, 2.75) is 12.8 Å². The van der Waals surface area contributed by atoms with Gasteiger partial charge in [0, 0.05) is 49.1 Å². The van der Waals surface area contributed by atoms with Crippen LogP contribution in [0.3, 0.4) is 0 Å². The van der Waals surface area contributed by atoms with Gasteiger partial charge in [-0.2, -0.15) is 5.10 Å². The summed E-state index contributed by atoms with van der Waals surface area (Å²) in [5, 5.41) is 7.54.